The first-order valence-electron chi connectivity index (χ1n) is 13.6. The molecule has 2 saturated heterocycles. The Balaban J connectivity index is 1.10. The molecule has 4 heterocycles. The second kappa shape index (κ2) is 10.6. The predicted octanol–water partition coefficient (Wildman–Crippen LogP) is 6.82. The van der Waals surface area contributed by atoms with Gasteiger partial charge in [-0.3, -0.25) is 4.21 Å². The molecule has 2 bridgehead atoms. The van der Waals surface area contributed by atoms with Crippen molar-refractivity contribution in [2.45, 2.75) is 80.5 Å². The van der Waals surface area contributed by atoms with Gasteiger partial charge in [-0.2, -0.15) is 0 Å². The second-order valence-electron chi connectivity index (χ2n) is 10.9. The van der Waals surface area contributed by atoms with Gasteiger partial charge in [0.2, 0.25) is 0 Å². The van der Waals surface area contributed by atoms with E-state index in [0.29, 0.717) is 34.0 Å². The van der Waals surface area contributed by atoms with Gasteiger partial charge in [-0.1, -0.05) is 28.6 Å². The maximum atomic E-state index is 14.6. The van der Waals surface area contributed by atoms with Gasteiger partial charge in [0.15, 0.2) is 10.9 Å². The second-order valence-corrected chi connectivity index (χ2v) is 12.8. The first-order chi connectivity index (χ1) is 20.1. The van der Waals surface area contributed by atoms with Gasteiger partial charge in [-0.25, -0.2) is 9.37 Å². The summed E-state index contributed by atoms with van der Waals surface area (Å²) in [4.78, 5) is 6.60. The number of piperidine rings is 1. The van der Waals surface area contributed by atoms with Crippen molar-refractivity contribution < 1.29 is 40.3 Å². The molecule has 3 fully saturated rings. The lowest BCUT2D eigenvalue weighted by Crippen LogP contribution is -2.45. The van der Waals surface area contributed by atoms with Crippen LogP contribution in [0.1, 0.15) is 55.8 Å². The molecule has 2 aromatic carbocycles. The number of thiazole rings is 1. The molecule has 1 saturated carbocycles. The van der Waals surface area contributed by atoms with E-state index in [1.807, 2.05) is 0 Å². The number of halogens is 4. The molecule has 1 aliphatic carbocycles. The van der Waals surface area contributed by atoms with E-state index >= 15 is 0 Å². The molecule has 2 unspecified atom stereocenters. The minimum atomic E-state index is -4.85. The fourth-order valence-electron chi connectivity index (χ4n) is 6.15. The minimum absolute atomic E-state index is 0.108. The normalized spacial score (nSPS) is 23.1. The Morgan fingerprint density at radius 2 is 1.86 bits per heavy atom. The maximum Gasteiger partial charge on any atom is 0.573 e. The number of aromatic nitrogens is 2. The molecule has 14 heteroatoms. The van der Waals surface area contributed by atoms with Crippen molar-refractivity contribution in [3.05, 3.63) is 53.5 Å². The van der Waals surface area contributed by atoms with Crippen molar-refractivity contribution in [3.63, 3.8) is 0 Å². The third-order valence-electron chi connectivity index (χ3n) is 8.11. The van der Waals surface area contributed by atoms with Gasteiger partial charge in [-0.15, -0.1) is 13.2 Å². The SMILES string of the molecule is O=S([O-])c1cc(F)c2nc(N3[C@@H]4CC[C@H]3CC(OCc3c(-c5ccccc5OC(F)(F)F)noc3C3CC3)C4)sc2c1. The highest BCUT2D eigenvalue weighted by Crippen LogP contribution is 2.47. The van der Waals surface area contributed by atoms with Crippen LogP contribution < -0.4 is 9.64 Å². The topological polar surface area (TPSA) is 101 Å². The van der Waals surface area contributed by atoms with Crippen molar-refractivity contribution in [2.24, 2.45) is 0 Å². The Morgan fingerprint density at radius 3 is 2.55 bits per heavy atom. The number of para-hydroxylation sites is 1. The lowest BCUT2D eigenvalue weighted by Gasteiger charge is -2.38. The first kappa shape index (κ1) is 27.7. The van der Waals surface area contributed by atoms with Crippen molar-refractivity contribution >= 4 is 37.8 Å². The monoisotopic (exact) mass is 622 g/mol. The quantitative estimate of drug-likeness (QED) is 0.156. The summed E-state index contributed by atoms with van der Waals surface area (Å²) in [6, 6.07) is 8.50. The van der Waals surface area contributed by atoms with E-state index in [2.05, 4.69) is 19.8 Å². The van der Waals surface area contributed by atoms with E-state index in [-0.39, 0.29) is 58.1 Å². The molecule has 4 atom stereocenters. The molecular formula is C28H24F4N3O5S2-. The zero-order valence-corrected chi connectivity index (χ0v) is 23.6. The van der Waals surface area contributed by atoms with Crippen LogP contribution in [0.2, 0.25) is 0 Å². The number of fused-ring (bicyclic) bond motifs is 3. The van der Waals surface area contributed by atoms with Crippen molar-refractivity contribution in [1.82, 2.24) is 10.1 Å². The highest BCUT2D eigenvalue weighted by molar-refractivity contribution is 7.79. The van der Waals surface area contributed by atoms with Gasteiger partial charge < -0.3 is 23.4 Å². The molecule has 0 radical (unpaired) electrons. The number of alkyl halides is 3. The van der Waals surface area contributed by atoms with Crippen molar-refractivity contribution in [1.29, 1.82) is 0 Å². The first-order valence-corrected chi connectivity index (χ1v) is 15.5. The number of hydrogen-bond acceptors (Lipinski definition) is 9. The minimum Gasteiger partial charge on any atom is -0.768 e. The van der Waals surface area contributed by atoms with E-state index in [4.69, 9.17) is 9.26 Å². The third kappa shape index (κ3) is 5.29. The summed E-state index contributed by atoms with van der Waals surface area (Å²) in [6.45, 7) is 0.136. The number of hydrogen-bond donors (Lipinski definition) is 0. The number of rotatable bonds is 8. The lowest BCUT2D eigenvalue weighted by molar-refractivity contribution is -0.274. The Morgan fingerprint density at radius 1 is 1.12 bits per heavy atom. The molecule has 0 amide bonds. The summed E-state index contributed by atoms with van der Waals surface area (Å²) in [5.41, 5.74) is 1.26. The molecule has 2 aliphatic heterocycles. The zero-order chi connectivity index (χ0) is 29.2. The summed E-state index contributed by atoms with van der Waals surface area (Å²) in [7, 11) is 0. The largest absolute Gasteiger partial charge is 0.768 e. The Kier molecular flexibility index (Phi) is 6.99. The van der Waals surface area contributed by atoms with Gasteiger partial charge >= 0.3 is 6.36 Å². The number of anilines is 1. The van der Waals surface area contributed by atoms with Crippen LogP contribution in [0.25, 0.3) is 21.5 Å². The van der Waals surface area contributed by atoms with Crippen LogP contribution in [0.4, 0.5) is 22.7 Å². The summed E-state index contributed by atoms with van der Waals surface area (Å²) < 4.78 is 93.4. The lowest BCUT2D eigenvalue weighted by atomic mass is 10.00. The van der Waals surface area contributed by atoms with Crippen molar-refractivity contribution in [3.8, 4) is 17.0 Å². The maximum absolute atomic E-state index is 14.6. The molecular weight excluding hydrogens is 598 g/mol. The van der Waals surface area contributed by atoms with Crippen LogP contribution in [0.5, 0.6) is 5.75 Å². The number of nitrogens with zero attached hydrogens (tertiary/aromatic N) is 3. The predicted molar refractivity (Wildman–Crippen MR) is 144 cm³/mol. The summed E-state index contributed by atoms with van der Waals surface area (Å²) in [5, 5.41) is 4.81. The van der Waals surface area contributed by atoms with E-state index in [1.165, 1.54) is 35.6 Å². The van der Waals surface area contributed by atoms with Gasteiger partial charge in [0.25, 0.3) is 0 Å². The van der Waals surface area contributed by atoms with Crippen LogP contribution in [-0.4, -0.2) is 43.5 Å². The highest BCUT2D eigenvalue weighted by atomic mass is 32.2. The van der Waals surface area contributed by atoms with Gasteiger partial charge in [0, 0.05) is 34.0 Å². The smallest absolute Gasteiger partial charge is 0.573 e. The van der Waals surface area contributed by atoms with Gasteiger partial charge in [0.1, 0.15) is 22.7 Å². The molecule has 0 spiro atoms. The van der Waals surface area contributed by atoms with Crippen LogP contribution in [-0.2, 0) is 22.4 Å². The molecule has 0 N–H and O–H groups in total. The standard InChI is InChI=1S/C28H25F4N3O5S2/c29-21-11-18(42(36)37)12-23-25(21)33-27(41-23)35-15-7-8-16(35)10-17(9-15)38-13-20-24(34-40-26(20)14-5-6-14)19-3-1-2-4-22(19)39-28(30,31)32/h1-4,11-12,14-17H,5-10,13H2,(H,36,37)/p-1/t15-,16+,17?. The fourth-order valence-corrected chi connectivity index (χ4v) is 7.80. The number of benzene rings is 2. The molecule has 42 heavy (non-hydrogen) atoms. The number of ether oxygens (including phenoxy) is 2. The Labute approximate surface area is 243 Å². The highest BCUT2D eigenvalue weighted by Gasteiger charge is 2.43. The fraction of sp³-hybridized carbons (Fsp3) is 0.429. The van der Waals surface area contributed by atoms with Crippen LogP contribution in [0.15, 0.2) is 45.8 Å². The van der Waals surface area contributed by atoms with Crippen LogP contribution in [0, 0.1) is 5.82 Å². The van der Waals surface area contributed by atoms with Crippen LogP contribution in [0.3, 0.4) is 0 Å². The summed E-state index contributed by atoms with van der Waals surface area (Å²) in [6.07, 6.45) is 0.0698. The van der Waals surface area contributed by atoms with E-state index < -0.39 is 23.3 Å². The molecule has 222 valence electrons. The van der Waals surface area contributed by atoms with Gasteiger partial charge in [-0.05, 0) is 73.9 Å². The molecule has 2 aromatic heterocycles. The Hall–Kier alpha value is -3.07. The van der Waals surface area contributed by atoms with Crippen molar-refractivity contribution in [2.75, 3.05) is 4.90 Å². The van der Waals surface area contributed by atoms with E-state index in [0.717, 1.165) is 31.7 Å². The average Bonchev–Trinajstić information content (AvgIpc) is 3.45. The summed E-state index contributed by atoms with van der Waals surface area (Å²) >= 11 is -1.27. The molecule has 4 aromatic rings. The Bertz CT molecular complexity index is 1660. The summed E-state index contributed by atoms with van der Waals surface area (Å²) in [5.74, 6) is -0.216. The molecule has 7 rings (SSSR count). The zero-order valence-electron chi connectivity index (χ0n) is 21.9. The molecule has 8 nitrogen and oxygen atoms in total. The van der Waals surface area contributed by atoms with Crippen LogP contribution >= 0.6 is 11.3 Å². The average molecular weight is 623 g/mol. The van der Waals surface area contributed by atoms with Gasteiger partial charge in [0.05, 0.1) is 17.4 Å². The van der Waals surface area contributed by atoms with E-state index in [9.17, 15) is 26.3 Å². The molecule has 3 aliphatic rings. The third-order valence-corrected chi connectivity index (χ3v) is 9.75. The van der Waals surface area contributed by atoms with E-state index in [1.54, 1.807) is 6.07 Å².